The number of aromatic nitrogens is 2. The average Bonchev–Trinajstić information content (AvgIpc) is 3.28. The molecule has 4 rings (SSSR count). The second kappa shape index (κ2) is 9.79. The van der Waals surface area contributed by atoms with Crippen molar-refractivity contribution in [1.82, 2.24) is 14.9 Å². The third kappa shape index (κ3) is 5.53. The molecule has 1 aromatic heterocycles. The molecular formula is C22H25N3O9. The molecule has 2 N–H and O–H groups in total. The number of hydrogen-bond donors (Lipinski definition) is 2. The summed E-state index contributed by atoms with van der Waals surface area (Å²) in [4.78, 5) is 49.7. The molecule has 3 heterocycles. The number of nitrogens with one attached hydrogen (secondary N) is 2. The Morgan fingerprint density at radius 3 is 2.56 bits per heavy atom. The van der Waals surface area contributed by atoms with Gasteiger partial charge in [-0.05, 0) is 19.4 Å². The normalized spacial score (nSPS) is 24.9. The first kappa shape index (κ1) is 23.7. The van der Waals surface area contributed by atoms with E-state index in [4.69, 9.17) is 23.7 Å². The molecule has 0 unspecified atom stereocenters. The molecular weight excluding hydrogens is 450 g/mol. The van der Waals surface area contributed by atoms with Crippen LogP contribution in [0.2, 0.25) is 0 Å². The second-order valence-electron chi connectivity index (χ2n) is 8.25. The lowest BCUT2D eigenvalue weighted by molar-refractivity contribution is -0.202. The number of hydrogen-bond acceptors (Lipinski definition) is 9. The number of alkyl carbamates (subject to hydrolysis) is 1. The highest BCUT2D eigenvalue weighted by atomic mass is 16.8. The zero-order chi connectivity index (χ0) is 24.3. The predicted molar refractivity (Wildman–Crippen MR) is 115 cm³/mol. The monoisotopic (exact) mass is 475 g/mol. The number of carbonyl (C=O) groups is 2. The summed E-state index contributed by atoms with van der Waals surface area (Å²) in [6.45, 7) is 2.90. The van der Waals surface area contributed by atoms with Gasteiger partial charge in [-0.2, -0.15) is 0 Å². The van der Waals surface area contributed by atoms with E-state index in [-0.39, 0.29) is 13.2 Å². The minimum Gasteiger partial charge on any atom is -0.461 e. The molecule has 0 radical (unpaired) electrons. The van der Waals surface area contributed by atoms with E-state index in [9.17, 15) is 19.2 Å². The first-order chi connectivity index (χ1) is 16.2. The fraction of sp³-hybridized carbons (Fsp3) is 0.455. The Labute approximate surface area is 193 Å². The van der Waals surface area contributed by atoms with Crippen molar-refractivity contribution in [2.45, 2.75) is 50.8 Å². The van der Waals surface area contributed by atoms with Crippen LogP contribution in [0.25, 0.3) is 0 Å². The number of nitrogens with zero attached hydrogens (tertiary/aromatic N) is 1. The molecule has 12 nitrogen and oxygen atoms in total. The van der Waals surface area contributed by atoms with Gasteiger partial charge in [-0.15, -0.1) is 0 Å². The molecule has 0 spiro atoms. The molecule has 0 saturated carbocycles. The number of fused-ring (bicyclic) bond motifs is 1. The number of ether oxygens (including phenoxy) is 5. The molecule has 4 atom stereocenters. The zero-order valence-electron chi connectivity index (χ0n) is 18.6. The molecule has 0 aliphatic carbocycles. The fourth-order valence-electron chi connectivity index (χ4n) is 3.79. The Kier molecular flexibility index (Phi) is 6.82. The molecule has 182 valence electrons. The average molecular weight is 475 g/mol. The molecule has 12 heteroatoms. The lowest BCUT2D eigenvalue weighted by Gasteiger charge is -2.24. The summed E-state index contributed by atoms with van der Waals surface area (Å²) >= 11 is 0. The van der Waals surface area contributed by atoms with Crippen LogP contribution in [-0.4, -0.2) is 58.9 Å². The van der Waals surface area contributed by atoms with E-state index < -0.39 is 60.2 Å². The van der Waals surface area contributed by atoms with Gasteiger partial charge in [0.05, 0.1) is 0 Å². The van der Waals surface area contributed by atoms with Crippen molar-refractivity contribution in [3.05, 3.63) is 69.0 Å². The van der Waals surface area contributed by atoms with Gasteiger partial charge in [-0.3, -0.25) is 19.1 Å². The van der Waals surface area contributed by atoms with Gasteiger partial charge in [0.15, 0.2) is 12.0 Å². The molecule has 2 aromatic rings. The Morgan fingerprint density at radius 2 is 1.82 bits per heavy atom. The minimum atomic E-state index is -0.949. The summed E-state index contributed by atoms with van der Waals surface area (Å²) in [7, 11) is 0. The molecule has 2 aliphatic heterocycles. The number of benzene rings is 1. The van der Waals surface area contributed by atoms with E-state index in [1.165, 1.54) is 16.8 Å². The van der Waals surface area contributed by atoms with Gasteiger partial charge in [0.25, 0.3) is 5.56 Å². The van der Waals surface area contributed by atoms with E-state index >= 15 is 0 Å². The summed E-state index contributed by atoms with van der Waals surface area (Å²) in [5.41, 5.74) is -0.397. The van der Waals surface area contributed by atoms with Crippen molar-refractivity contribution in [3.8, 4) is 0 Å². The van der Waals surface area contributed by atoms with Crippen LogP contribution < -0.4 is 16.6 Å². The zero-order valence-corrected chi connectivity index (χ0v) is 18.6. The van der Waals surface area contributed by atoms with Crippen LogP contribution in [0.3, 0.4) is 0 Å². The van der Waals surface area contributed by atoms with Crippen molar-refractivity contribution in [2.75, 3.05) is 13.2 Å². The molecule has 0 bridgehead atoms. The molecule has 34 heavy (non-hydrogen) atoms. The number of rotatable bonds is 7. The first-order valence-corrected chi connectivity index (χ1v) is 10.6. The van der Waals surface area contributed by atoms with E-state index in [0.29, 0.717) is 0 Å². The summed E-state index contributed by atoms with van der Waals surface area (Å²) in [5.74, 6) is -1.66. The van der Waals surface area contributed by atoms with Crippen LogP contribution in [0.5, 0.6) is 0 Å². The maximum absolute atomic E-state index is 12.2. The number of amides is 1. The van der Waals surface area contributed by atoms with Crippen LogP contribution in [0.1, 0.15) is 25.6 Å². The van der Waals surface area contributed by atoms with Gasteiger partial charge in [-0.1, -0.05) is 30.3 Å². The van der Waals surface area contributed by atoms with E-state index in [0.717, 1.165) is 5.56 Å². The standard InChI is InChI=1S/C22H25N3O9/c1-22(2)33-17-14(32-19(18(17)34-22)25-9-8-15(26)24-20(25)28)12-30-16(27)10-23-21(29)31-11-13-6-4-3-5-7-13/h3-9,14,17-19H,10-12H2,1-2H3,(H,23,29)(H,24,26,28)/t14-,17-,18-,19-/m1/s1. The van der Waals surface area contributed by atoms with E-state index in [1.54, 1.807) is 26.0 Å². The fourth-order valence-corrected chi connectivity index (χ4v) is 3.79. The van der Waals surface area contributed by atoms with Crippen molar-refractivity contribution >= 4 is 12.1 Å². The van der Waals surface area contributed by atoms with Gasteiger partial charge >= 0.3 is 17.8 Å². The molecule has 2 saturated heterocycles. The summed E-state index contributed by atoms with van der Waals surface area (Å²) in [5, 5.41) is 2.32. The van der Waals surface area contributed by atoms with Gasteiger partial charge in [0.1, 0.15) is 38.1 Å². The lowest BCUT2D eigenvalue weighted by Crippen LogP contribution is -2.37. The Balaban J connectivity index is 1.30. The summed E-state index contributed by atoms with van der Waals surface area (Å²) in [6.07, 6.45) is -2.40. The Morgan fingerprint density at radius 1 is 1.09 bits per heavy atom. The number of H-pyrrole nitrogens is 1. The van der Waals surface area contributed by atoms with Gasteiger partial charge in [-0.25, -0.2) is 9.59 Å². The van der Waals surface area contributed by atoms with Gasteiger partial charge in [0, 0.05) is 12.3 Å². The minimum absolute atomic E-state index is 0.0688. The maximum atomic E-state index is 12.2. The van der Waals surface area contributed by atoms with E-state index in [2.05, 4.69) is 10.3 Å². The largest absolute Gasteiger partial charge is 0.461 e. The number of aromatic amines is 1. The maximum Gasteiger partial charge on any atom is 0.407 e. The summed E-state index contributed by atoms with van der Waals surface area (Å²) < 4.78 is 29.1. The van der Waals surface area contributed by atoms with Crippen LogP contribution in [0.15, 0.2) is 52.2 Å². The number of carbonyl (C=O) groups excluding carboxylic acids is 2. The van der Waals surface area contributed by atoms with Crippen LogP contribution in [0.4, 0.5) is 4.79 Å². The highest BCUT2D eigenvalue weighted by Crippen LogP contribution is 2.42. The topological polar surface area (TPSA) is 147 Å². The van der Waals surface area contributed by atoms with Crippen LogP contribution >= 0.6 is 0 Å². The quantitative estimate of drug-likeness (QED) is 0.544. The Bertz CT molecular complexity index is 1140. The van der Waals surface area contributed by atoms with Crippen LogP contribution in [0, 0.1) is 0 Å². The Hall–Kier alpha value is -3.48. The lowest BCUT2D eigenvalue weighted by atomic mass is 10.1. The molecule has 2 fully saturated rings. The van der Waals surface area contributed by atoms with Crippen molar-refractivity contribution in [3.63, 3.8) is 0 Å². The second-order valence-corrected chi connectivity index (χ2v) is 8.25. The van der Waals surface area contributed by atoms with Crippen molar-refractivity contribution in [2.24, 2.45) is 0 Å². The molecule has 2 aliphatic rings. The van der Waals surface area contributed by atoms with Crippen molar-refractivity contribution in [1.29, 1.82) is 0 Å². The highest BCUT2D eigenvalue weighted by Gasteiger charge is 2.56. The molecule has 1 aromatic carbocycles. The summed E-state index contributed by atoms with van der Waals surface area (Å²) in [6, 6.07) is 10.3. The highest BCUT2D eigenvalue weighted by molar-refractivity contribution is 5.77. The first-order valence-electron chi connectivity index (χ1n) is 10.6. The predicted octanol–water partition coefficient (Wildman–Crippen LogP) is 0.424. The van der Waals surface area contributed by atoms with Crippen LogP contribution in [-0.2, 0) is 35.1 Å². The smallest absolute Gasteiger partial charge is 0.407 e. The molecule has 1 amide bonds. The van der Waals surface area contributed by atoms with Crippen molar-refractivity contribution < 1.29 is 33.3 Å². The third-order valence-electron chi connectivity index (χ3n) is 5.25. The number of esters is 1. The van der Waals surface area contributed by atoms with E-state index in [1.807, 2.05) is 18.2 Å². The van der Waals surface area contributed by atoms with Gasteiger partial charge in [0.2, 0.25) is 0 Å². The third-order valence-corrected chi connectivity index (χ3v) is 5.25. The SMILES string of the molecule is CC1(C)O[C@@H]2[C@H](O1)[C@@H](COC(=O)CNC(=O)OCc1ccccc1)O[C@H]2n1ccc(=O)[nH]c1=O. The van der Waals surface area contributed by atoms with Gasteiger partial charge < -0.3 is 29.0 Å².